The summed E-state index contributed by atoms with van der Waals surface area (Å²) in [6.07, 6.45) is 3.16. The SMILES string of the molecule is Fc1ccc(NCC2CCCc3ccccc32)c(F)c1F. The zero-order valence-corrected chi connectivity index (χ0v) is 11.5. The van der Waals surface area contributed by atoms with Gasteiger partial charge in [0.15, 0.2) is 17.5 Å². The first-order valence-corrected chi connectivity index (χ1v) is 7.12. The second-order valence-corrected chi connectivity index (χ2v) is 5.39. The number of rotatable bonds is 3. The molecule has 21 heavy (non-hydrogen) atoms. The Balaban J connectivity index is 1.76. The second kappa shape index (κ2) is 5.80. The Hall–Kier alpha value is -1.97. The van der Waals surface area contributed by atoms with Gasteiger partial charge in [0.2, 0.25) is 0 Å². The largest absolute Gasteiger partial charge is 0.382 e. The van der Waals surface area contributed by atoms with Crippen LogP contribution in [0.4, 0.5) is 18.9 Å². The summed E-state index contributed by atoms with van der Waals surface area (Å²) in [6, 6.07) is 10.4. The molecule has 1 atom stereocenters. The van der Waals surface area contributed by atoms with Crippen molar-refractivity contribution in [3.8, 4) is 0 Å². The second-order valence-electron chi connectivity index (χ2n) is 5.39. The third-order valence-electron chi connectivity index (χ3n) is 4.07. The molecule has 4 heteroatoms. The van der Waals surface area contributed by atoms with Crippen LogP contribution in [0, 0.1) is 17.5 Å². The summed E-state index contributed by atoms with van der Waals surface area (Å²) in [5.74, 6) is -3.48. The Morgan fingerprint density at radius 1 is 1.00 bits per heavy atom. The normalized spacial score (nSPS) is 17.4. The maximum atomic E-state index is 13.6. The maximum absolute atomic E-state index is 13.6. The molecule has 1 aliphatic carbocycles. The molecule has 1 aliphatic rings. The minimum atomic E-state index is -1.43. The van der Waals surface area contributed by atoms with E-state index in [1.54, 1.807) is 0 Å². The van der Waals surface area contributed by atoms with E-state index in [-0.39, 0.29) is 11.6 Å². The number of benzene rings is 2. The summed E-state index contributed by atoms with van der Waals surface area (Å²) in [5.41, 5.74) is 2.59. The highest BCUT2D eigenvalue weighted by Gasteiger charge is 2.20. The number of halogens is 3. The van der Waals surface area contributed by atoms with E-state index in [4.69, 9.17) is 0 Å². The van der Waals surface area contributed by atoms with Gasteiger partial charge in [0.1, 0.15) is 0 Å². The van der Waals surface area contributed by atoms with Gasteiger partial charge in [-0.3, -0.25) is 0 Å². The van der Waals surface area contributed by atoms with Gasteiger partial charge in [-0.25, -0.2) is 13.2 Å². The summed E-state index contributed by atoms with van der Waals surface area (Å²) < 4.78 is 39.7. The van der Waals surface area contributed by atoms with Crippen molar-refractivity contribution in [1.82, 2.24) is 0 Å². The molecule has 0 aromatic heterocycles. The number of anilines is 1. The molecule has 1 nitrogen and oxygen atoms in total. The topological polar surface area (TPSA) is 12.0 Å². The first-order valence-electron chi connectivity index (χ1n) is 7.12. The van der Waals surface area contributed by atoms with Gasteiger partial charge in [0, 0.05) is 12.5 Å². The Labute approximate surface area is 121 Å². The van der Waals surface area contributed by atoms with Gasteiger partial charge in [0.05, 0.1) is 5.69 Å². The Morgan fingerprint density at radius 3 is 2.67 bits per heavy atom. The van der Waals surface area contributed by atoms with Crippen LogP contribution in [-0.4, -0.2) is 6.54 Å². The van der Waals surface area contributed by atoms with E-state index in [2.05, 4.69) is 17.4 Å². The molecule has 0 saturated heterocycles. The summed E-state index contributed by atoms with van der Waals surface area (Å²) in [7, 11) is 0. The molecule has 0 saturated carbocycles. The minimum absolute atomic E-state index is 0.0111. The molecule has 110 valence electrons. The van der Waals surface area contributed by atoms with Crippen LogP contribution < -0.4 is 5.32 Å². The van der Waals surface area contributed by atoms with Crippen molar-refractivity contribution in [2.45, 2.75) is 25.2 Å². The lowest BCUT2D eigenvalue weighted by Crippen LogP contribution is -2.18. The first kappa shape index (κ1) is 14.0. The fraction of sp³-hybridized carbons (Fsp3) is 0.294. The number of hydrogen-bond acceptors (Lipinski definition) is 1. The third kappa shape index (κ3) is 2.75. The van der Waals surface area contributed by atoms with E-state index < -0.39 is 17.5 Å². The van der Waals surface area contributed by atoms with E-state index in [0.29, 0.717) is 6.54 Å². The number of hydrogen-bond donors (Lipinski definition) is 1. The molecule has 0 aliphatic heterocycles. The van der Waals surface area contributed by atoms with Gasteiger partial charge in [-0.1, -0.05) is 24.3 Å². The van der Waals surface area contributed by atoms with Gasteiger partial charge in [-0.05, 0) is 42.5 Å². The van der Waals surface area contributed by atoms with Gasteiger partial charge in [-0.2, -0.15) is 0 Å². The van der Waals surface area contributed by atoms with Gasteiger partial charge in [-0.15, -0.1) is 0 Å². The van der Waals surface area contributed by atoms with Crippen molar-refractivity contribution in [2.75, 3.05) is 11.9 Å². The maximum Gasteiger partial charge on any atom is 0.196 e. The van der Waals surface area contributed by atoms with Crippen LogP contribution in [0.1, 0.15) is 29.9 Å². The summed E-state index contributed by atoms with van der Waals surface area (Å²) in [5, 5.41) is 2.91. The molecule has 0 fully saturated rings. The van der Waals surface area contributed by atoms with Gasteiger partial charge < -0.3 is 5.32 Å². The van der Waals surface area contributed by atoms with Crippen molar-refractivity contribution in [3.63, 3.8) is 0 Å². The van der Waals surface area contributed by atoms with Crippen LogP contribution in [0.3, 0.4) is 0 Å². The fourth-order valence-electron chi connectivity index (χ4n) is 2.96. The van der Waals surface area contributed by atoms with Crippen LogP contribution in [0.25, 0.3) is 0 Å². The minimum Gasteiger partial charge on any atom is -0.382 e. The Kier molecular flexibility index (Phi) is 3.86. The predicted molar refractivity (Wildman–Crippen MR) is 76.9 cm³/mol. The quantitative estimate of drug-likeness (QED) is 0.813. The third-order valence-corrected chi connectivity index (χ3v) is 4.07. The van der Waals surface area contributed by atoms with Crippen LogP contribution in [-0.2, 0) is 6.42 Å². The molecule has 0 heterocycles. The van der Waals surface area contributed by atoms with E-state index in [0.717, 1.165) is 25.3 Å². The van der Waals surface area contributed by atoms with E-state index in [9.17, 15) is 13.2 Å². The lowest BCUT2D eigenvalue weighted by Gasteiger charge is -2.26. The molecule has 0 radical (unpaired) electrons. The van der Waals surface area contributed by atoms with Crippen LogP contribution in [0.2, 0.25) is 0 Å². The van der Waals surface area contributed by atoms with Crippen molar-refractivity contribution in [1.29, 1.82) is 0 Å². The molecule has 0 amide bonds. The molecule has 3 rings (SSSR count). The zero-order chi connectivity index (χ0) is 14.8. The highest BCUT2D eigenvalue weighted by Crippen LogP contribution is 2.32. The van der Waals surface area contributed by atoms with E-state index in [1.807, 2.05) is 12.1 Å². The van der Waals surface area contributed by atoms with Gasteiger partial charge in [0.25, 0.3) is 0 Å². The zero-order valence-electron chi connectivity index (χ0n) is 11.5. The lowest BCUT2D eigenvalue weighted by atomic mass is 9.83. The predicted octanol–water partition coefficient (Wildman–Crippen LogP) is 4.64. The first-order chi connectivity index (χ1) is 10.2. The number of fused-ring (bicyclic) bond motifs is 1. The summed E-state index contributed by atoms with van der Waals surface area (Å²) >= 11 is 0. The average Bonchev–Trinajstić information content (AvgIpc) is 2.52. The monoisotopic (exact) mass is 291 g/mol. The van der Waals surface area contributed by atoms with Crippen molar-refractivity contribution >= 4 is 5.69 Å². The van der Waals surface area contributed by atoms with Crippen molar-refractivity contribution in [2.24, 2.45) is 0 Å². The summed E-state index contributed by atoms with van der Waals surface area (Å²) in [4.78, 5) is 0. The fourth-order valence-corrected chi connectivity index (χ4v) is 2.96. The lowest BCUT2D eigenvalue weighted by molar-refractivity contribution is 0.448. The molecule has 1 unspecified atom stereocenters. The summed E-state index contributed by atoms with van der Waals surface area (Å²) in [6.45, 7) is 0.513. The standard InChI is InChI=1S/C17H16F3N/c18-14-8-9-15(17(20)16(14)19)21-10-12-6-3-5-11-4-1-2-7-13(11)12/h1-2,4,7-9,12,21H,3,5-6,10H2. The number of aryl methyl sites for hydroxylation is 1. The highest BCUT2D eigenvalue weighted by atomic mass is 19.2. The Morgan fingerprint density at radius 2 is 1.81 bits per heavy atom. The van der Waals surface area contributed by atoms with Crippen LogP contribution >= 0.6 is 0 Å². The van der Waals surface area contributed by atoms with Crippen LogP contribution in [0.5, 0.6) is 0 Å². The highest BCUT2D eigenvalue weighted by molar-refractivity contribution is 5.46. The molecule has 1 N–H and O–H groups in total. The average molecular weight is 291 g/mol. The van der Waals surface area contributed by atoms with Crippen LogP contribution in [0.15, 0.2) is 36.4 Å². The molecule has 2 aromatic rings. The van der Waals surface area contributed by atoms with Crippen molar-refractivity contribution < 1.29 is 13.2 Å². The molecule has 2 aromatic carbocycles. The Bertz CT molecular complexity index is 654. The smallest absolute Gasteiger partial charge is 0.196 e. The van der Waals surface area contributed by atoms with Gasteiger partial charge >= 0.3 is 0 Å². The number of nitrogens with one attached hydrogen (secondary N) is 1. The molecule has 0 spiro atoms. The van der Waals surface area contributed by atoms with Crippen molar-refractivity contribution in [3.05, 3.63) is 65.0 Å². The molecule has 0 bridgehead atoms. The molecular formula is C17H16F3N. The van der Waals surface area contributed by atoms with E-state index >= 15 is 0 Å². The van der Waals surface area contributed by atoms with E-state index in [1.165, 1.54) is 17.2 Å². The molecular weight excluding hydrogens is 275 g/mol.